The van der Waals surface area contributed by atoms with Gasteiger partial charge in [0.05, 0.1) is 29.0 Å². The number of amides is 2. The summed E-state index contributed by atoms with van der Waals surface area (Å²) in [5.74, 6) is 0.436. The van der Waals surface area contributed by atoms with E-state index in [-0.39, 0.29) is 18.4 Å². The molecular weight excluding hydrogens is 412 g/mol. The minimum Gasteiger partial charge on any atom is -0.476 e. The molecule has 1 atom stereocenters. The molecule has 3 heterocycles. The van der Waals surface area contributed by atoms with Crippen molar-refractivity contribution in [3.05, 3.63) is 53.5 Å². The molecule has 31 heavy (non-hydrogen) atoms. The molecule has 1 fully saturated rings. The molecule has 1 aromatic heterocycles. The van der Waals surface area contributed by atoms with E-state index < -0.39 is 6.10 Å². The molecule has 3 aromatic rings. The molecule has 0 radical (unpaired) electrons. The van der Waals surface area contributed by atoms with Crippen molar-refractivity contribution in [2.75, 3.05) is 37.6 Å². The summed E-state index contributed by atoms with van der Waals surface area (Å²) in [6.07, 6.45) is -0.672. The Bertz CT molecular complexity index is 1090. The maximum Gasteiger partial charge on any atom is 0.265 e. The van der Waals surface area contributed by atoms with Crippen molar-refractivity contribution < 1.29 is 14.3 Å². The molecule has 160 valence electrons. The average Bonchev–Trinajstić information content (AvgIpc) is 3.20. The molecule has 2 aliphatic heterocycles. The van der Waals surface area contributed by atoms with Crippen LogP contribution in [-0.2, 0) is 16.1 Å². The molecule has 2 aliphatic rings. The second-order valence-electron chi connectivity index (χ2n) is 7.88. The summed E-state index contributed by atoms with van der Waals surface area (Å²) in [5, 5.41) is 1.10. The van der Waals surface area contributed by atoms with E-state index in [1.54, 1.807) is 22.3 Å². The number of rotatable bonds is 3. The summed E-state index contributed by atoms with van der Waals surface area (Å²) >= 11 is 1.73. The lowest BCUT2D eigenvalue weighted by Crippen LogP contribution is -2.56. The fraction of sp³-hybridized carbons (Fsp3) is 0.348. The quantitative estimate of drug-likeness (QED) is 0.632. The number of para-hydroxylation sites is 3. The van der Waals surface area contributed by atoms with Crippen molar-refractivity contribution in [1.82, 2.24) is 14.8 Å². The van der Waals surface area contributed by atoms with Crippen LogP contribution in [0.4, 0.5) is 5.69 Å². The minimum atomic E-state index is -0.672. The lowest BCUT2D eigenvalue weighted by Gasteiger charge is -2.39. The number of carbonyl (C=O) groups is 2. The Morgan fingerprint density at radius 2 is 1.81 bits per heavy atom. The largest absolute Gasteiger partial charge is 0.476 e. The Morgan fingerprint density at radius 1 is 1.06 bits per heavy atom. The second kappa shape index (κ2) is 8.28. The Morgan fingerprint density at radius 3 is 2.58 bits per heavy atom. The van der Waals surface area contributed by atoms with Gasteiger partial charge in [0.25, 0.3) is 5.91 Å². The van der Waals surface area contributed by atoms with Gasteiger partial charge in [-0.25, -0.2) is 4.98 Å². The number of nitrogens with zero attached hydrogens (tertiary/aromatic N) is 4. The molecule has 1 saturated heterocycles. The molecule has 5 rings (SSSR count). The van der Waals surface area contributed by atoms with Crippen LogP contribution in [0.1, 0.15) is 11.9 Å². The third kappa shape index (κ3) is 4.00. The lowest BCUT2D eigenvalue weighted by molar-refractivity contribution is -0.140. The van der Waals surface area contributed by atoms with Crippen LogP contribution in [0.15, 0.2) is 48.5 Å². The summed E-state index contributed by atoms with van der Waals surface area (Å²) in [6.45, 7) is 5.44. The van der Waals surface area contributed by atoms with Crippen LogP contribution in [0.25, 0.3) is 10.2 Å². The molecule has 0 unspecified atom stereocenters. The third-order valence-electron chi connectivity index (χ3n) is 5.81. The molecule has 0 aliphatic carbocycles. The molecule has 0 saturated carbocycles. The first-order valence-electron chi connectivity index (χ1n) is 10.5. The third-order valence-corrected chi connectivity index (χ3v) is 6.83. The molecule has 2 aromatic carbocycles. The lowest BCUT2D eigenvalue weighted by atomic mass is 10.1. The molecule has 8 heteroatoms. The van der Waals surface area contributed by atoms with Crippen molar-refractivity contribution in [2.24, 2.45) is 0 Å². The Balaban J connectivity index is 1.21. The van der Waals surface area contributed by atoms with Crippen LogP contribution >= 0.6 is 11.3 Å². The number of anilines is 1. The summed E-state index contributed by atoms with van der Waals surface area (Å²) in [7, 11) is 0. The summed E-state index contributed by atoms with van der Waals surface area (Å²) in [4.78, 5) is 35.8. The predicted molar refractivity (Wildman–Crippen MR) is 120 cm³/mol. The topological polar surface area (TPSA) is 66.0 Å². The maximum atomic E-state index is 13.1. The van der Waals surface area contributed by atoms with Gasteiger partial charge in [-0.15, -0.1) is 11.3 Å². The van der Waals surface area contributed by atoms with E-state index in [9.17, 15) is 9.59 Å². The summed E-state index contributed by atoms with van der Waals surface area (Å²) in [6, 6.07) is 15.6. The first kappa shape index (κ1) is 20.0. The highest BCUT2D eigenvalue weighted by Gasteiger charge is 2.36. The maximum absolute atomic E-state index is 13.1. The Kier molecular flexibility index (Phi) is 5.33. The number of ether oxygens (including phenoxy) is 1. The van der Waals surface area contributed by atoms with E-state index in [4.69, 9.17) is 9.72 Å². The number of benzene rings is 2. The minimum absolute atomic E-state index is 0.0552. The normalized spacial score (nSPS) is 19.2. The first-order chi connectivity index (χ1) is 15.1. The van der Waals surface area contributed by atoms with Gasteiger partial charge in [0, 0.05) is 33.1 Å². The average molecular weight is 437 g/mol. The monoisotopic (exact) mass is 436 g/mol. The number of fused-ring (bicyclic) bond motifs is 2. The zero-order valence-electron chi connectivity index (χ0n) is 17.4. The van der Waals surface area contributed by atoms with Crippen LogP contribution in [0.5, 0.6) is 5.75 Å². The van der Waals surface area contributed by atoms with Crippen LogP contribution in [0, 0.1) is 0 Å². The molecular formula is C23H24N4O3S. The predicted octanol–water partition coefficient (Wildman–Crippen LogP) is 2.75. The van der Waals surface area contributed by atoms with E-state index in [2.05, 4.69) is 11.0 Å². The molecule has 0 spiro atoms. The van der Waals surface area contributed by atoms with E-state index in [0.717, 1.165) is 35.8 Å². The number of piperazine rings is 1. The molecule has 0 bridgehead atoms. The van der Waals surface area contributed by atoms with Crippen molar-refractivity contribution in [2.45, 2.75) is 19.6 Å². The summed E-state index contributed by atoms with van der Waals surface area (Å²) in [5.41, 5.74) is 1.76. The van der Waals surface area contributed by atoms with Crippen molar-refractivity contribution in [1.29, 1.82) is 0 Å². The van der Waals surface area contributed by atoms with E-state index >= 15 is 0 Å². The highest BCUT2D eigenvalue weighted by Crippen LogP contribution is 2.33. The molecule has 0 N–H and O–H groups in total. The van der Waals surface area contributed by atoms with Gasteiger partial charge in [-0.2, -0.15) is 0 Å². The zero-order chi connectivity index (χ0) is 21.4. The van der Waals surface area contributed by atoms with Crippen LogP contribution in [-0.4, -0.2) is 65.4 Å². The standard InChI is InChI=1S/C23H24N4O3S/c1-16(28)27-14-20(30-19-8-4-3-7-18(19)27)23(29)26-12-10-25(11-13-26)15-22-24-17-6-2-5-9-21(17)31-22/h2-9,20H,10-15H2,1H3/t20-/m0/s1. The summed E-state index contributed by atoms with van der Waals surface area (Å²) < 4.78 is 7.18. The smallest absolute Gasteiger partial charge is 0.265 e. The van der Waals surface area contributed by atoms with Crippen molar-refractivity contribution in [3.63, 3.8) is 0 Å². The van der Waals surface area contributed by atoms with Gasteiger partial charge >= 0.3 is 0 Å². The van der Waals surface area contributed by atoms with Crippen LogP contribution < -0.4 is 9.64 Å². The highest BCUT2D eigenvalue weighted by atomic mass is 32.1. The Hall–Kier alpha value is -2.97. The first-order valence-corrected chi connectivity index (χ1v) is 11.3. The number of thiazole rings is 1. The Labute approximate surface area is 184 Å². The number of carbonyl (C=O) groups excluding carboxylic acids is 2. The molecule has 2 amide bonds. The van der Waals surface area contributed by atoms with Gasteiger partial charge in [-0.05, 0) is 24.3 Å². The van der Waals surface area contributed by atoms with Gasteiger partial charge in [0.2, 0.25) is 5.91 Å². The zero-order valence-corrected chi connectivity index (χ0v) is 18.2. The van der Waals surface area contributed by atoms with Crippen molar-refractivity contribution >= 4 is 39.1 Å². The van der Waals surface area contributed by atoms with Gasteiger partial charge in [-0.3, -0.25) is 14.5 Å². The van der Waals surface area contributed by atoms with Crippen LogP contribution in [0.2, 0.25) is 0 Å². The van der Waals surface area contributed by atoms with Crippen LogP contribution in [0.3, 0.4) is 0 Å². The number of hydrogen-bond donors (Lipinski definition) is 0. The van der Waals surface area contributed by atoms with Crippen molar-refractivity contribution in [3.8, 4) is 5.75 Å². The second-order valence-corrected chi connectivity index (χ2v) is 9.00. The van der Waals surface area contributed by atoms with Gasteiger partial charge in [0.15, 0.2) is 6.10 Å². The van der Waals surface area contributed by atoms with E-state index in [1.165, 1.54) is 11.6 Å². The van der Waals surface area contributed by atoms with E-state index in [1.807, 2.05) is 41.3 Å². The number of hydrogen-bond acceptors (Lipinski definition) is 6. The number of aromatic nitrogens is 1. The highest BCUT2D eigenvalue weighted by molar-refractivity contribution is 7.18. The molecule has 7 nitrogen and oxygen atoms in total. The SMILES string of the molecule is CC(=O)N1C[C@@H](C(=O)N2CCN(Cc3nc4ccccc4s3)CC2)Oc2ccccc21. The van der Waals surface area contributed by atoms with Gasteiger partial charge < -0.3 is 14.5 Å². The fourth-order valence-electron chi connectivity index (χ4n) is 4.17. The fourth-order valence-corrected chi connectivity index (χ4v) is 5.18. The van der Waals surface area contributed by atoms with E-state index in [0.29, 0.717) is 18.8 Å². The van der Waals surface area contributed by atoms with Gasteiger partial charge in [0.1, 0.15) is 10.8 Å². The van der Waals surface area contributed by atoms with Gasteiger partial charge in [-0.1, -0.05) is 24.3 Å².